The molecule has 1 aliphatic rings. The highest BCUT2D eigenvalue weighted by atomic mass is 32.1. The molecule has 0 aliphatic carbocycles. The molecule has 0 fully saturated rings. The number of aryl methyl sites for hydroxylation is 4. The number of hydrogen-bond donors (Lipinski definition) is 1. The Morgan fingerprint density at radius 1 is 0.966 bits per heavy atom. The average molecular weight is 405 g/mol. The van der Waals surface area contributed by atoms with E-state index in [1.165, 1.54) is 28.4 Å². The van der Waals surface area contributed by atoms with Crippen LogP contribution in [0.1, 0.15) is 53.5 Å². The van der Waals surface area contributed by atoms with Crippen molar-refractivity contribution in [2.75, 3.05) is 10.2 Å². The first-order chi connectivity index (χ1) is 13.8. The van der Waals surface area contributed by atoms with Crippen LogP contribution in [0, 0.1) is 27.7 Å². The molecule has 29 heavy (non-hydrogen) atoms. The van der Waals surface area contributed by atoms with Gasteiger partial charge >= 0.3 is 0 Å². The lowest BCUT2D eigenvalue weighted by Crippen LogP contribution is -2.30. The molecule has 3 amide bonds. The normalized spacial score (nSPS) is 13.0. The number of carbonyl (C=O) groups excluding carboxylic acids is 3. The van der Waals surface area contributed by atoms with E-state index >= 15 is 0 Å². The highest BCUT2D eigenvalue weighted by molar-refractivity contribution is 7.13. The number of anilines is 2. The van der Waals surface area contributed by atoms with Gasteiger partial charge in [0.05, 0.1) is 22.5 Å². The smallest absolute Gasteiger partial charge is 0.266 e. The number of imide groups is 1. The van der Waals surface area contributed by atoms with Gasteiger partial charge in [-0.3, -0.25) is 19.7 Å². The van der Waals surface area contributed by atoms with Crippen molar-refractivity contribution in [3.8, 4) is 0 Å². The molecule has 1 N–H and O–H groups in total. The van der Waals surface area contributed by atoms with Crippen molar-refractivity contribution >= 4 is 39.9 Å². The van der Waals surface area contributed by atoms with E-state index in [1.54, 1.807) is 6.07 Å². The summed E-state index contributed by atoms with van der Waals surface area (Å²) in [7, 11) is 0. The Morgan fingerprint density at radius 3 is 2.24 bits per heavy atom. The summed E-state index contributed by atoms with van der Waals surface area (Å²) in [4.78, 5) is 44.0. The number of fused-ring (bicyclic) bond motifs is 1. The van der Waals surface area contributed by atoms with Crippen LogP contribution in [0.4, 0.5) is 10.8 Å². The fraction of sp³-hybridized carbons (Fsp3) is 0.182. The lowest BCUT2D eigenvalue weighted by molar-refractivity contribution is 0.0925. The third-order valence-corrected chi connectivity index (χ3v) is 5.72. The van der Waals surface area contributed by atoms with Crippen LogP contribution < -0.4 is 10.2 Å². The van der Waals surface area contributed by atoms with E-state index in [0.717, 1.165) is 22.4 Å². The standard InChI is InChI=1S/C22H19N3O3S/c1-11-7-12(2)18(13(3)8-11)25-20(27)16-6-5-15(9-17(16)21(25)28)19(26)24-22-23-14(4)10-29-22/h5-10H,1-4H3,(H,23,24,26). The zero-order valence-corrected chi connectivity index (χ0v) is 17.3. The molecule has 0 saturated heterocycles. The Kier molecular flexibility index (Phi) is 4.55. The first-order valence-corrected chi connectivity index (χ1v) is 9.98. The van der Waals surface area contributed by atoms with Gasteiger partial charge in [-0.1, -0.05) is 17.7 Å². The number of carbonyl (C=O) groups is 3. The molecule has 0 bridgehead atoms. The molecular formula is C22H19N3O3S. The minimum absolute atomic E-state index is 0.234. The summed E-state index contributed by atoms with van der Waals surface area (Å²) < 4.78 is 0. The molecule has 1 aromatic heterocycles. The molecule has 146 valence electrons. The van der Waals surface area contributed by atoms with E-state index in [9.17, 15) is 14.4 Å². The first-order valence-electron chi connectivity index (χ1n) is 9.10. The van der Waals surface area contributed by atoms with Gasteiger partial charge in [0, 0.05) is 10.9 Å². The molecule has 1 aliphatic heterocycles. The maximum absolute atomic E-state index is 13.1. The molecule has 0 saturated carbocycles. The number of amides is 3. The summed E-state index contributed by atoms with van der Waals surface area (Å²) >= 11 is 1.33. The third kappa shape index (κ3) is 3.23. The second kappa shape index (κ2) is 6.93. The number of benzene rings is 2. The van der Waals surface area contributed by atoms with Crippen LogP contribution in [0.2, 0.25) is 0 Å². The fourth-order valence-corrected chi connectivity index (χ4v) is 4.37. The molecule has 0 unspecified atom stereocenters. The highest BCUT2D eigenvalue weighted by Gasteiger charge is 2.38. The van der Waals surface area contributed by atoms with Gasteiger partial charge < -0.3 is 0 Å². The van der Waals surface area contributed by atoms with Crippen LogP contribution in [0.5, 0.6) is 0 Å². The minimum Gasteiger partial charge on any atom is -0.298 e. The SMILES string of the molecule is Cc1cc(C)c(N2C(=O)c3ccc(C(=O)Nc4nc(C)cs4)cc3C2=O)c(C)c1. The summed E-state index contributed by atoms with van der Waals surface area (Å²) in [5, 5.41) is 5.05. The van der Waals surface area contributed by atoms with Gasteiger partial charge in [0.25, 0.3) is 17.7 Å². The van der Waals surface area contributed by atoms with Crippen molar-refractivity contribution in [2.45, 2.75) is 27.7 Å². The zero-order chi connectivity index (χ0) is 20.9. The van der Waals surface area contributed by atoms with Crippen molar-refractivity contribution in [3.63, 3.8) is 0 Å². The van der Waals surface area contributed by atoms with E-state index in [4.69, 9.17) is 0 Å². The average Bonchev–Trinajstić information content (AvgIpc) is 3.17. The lowest BCUT2D eigenvalue weighted by atomic mass is 10.0. The predicted molar refractivity (Wildman–Crippen MR) is 113 cm³/mol. The van der Waals surface area contributed by atoms with E-state index < -0.39 is 5.91 Å². The molecule has 2 heterocycles. The van der Waals surface area contributed by atoms with Crippen molar-refractivity contribution < 1.29 is 14.4 Å². The fourth-order valence-electron chi connectivity index (χ4n) is 3.69. The van der Waals surface area contributed by atoms with Crippen molar-refractivity contribution in [3.05, 3.63) is 74.8 Å². The Labute approximate surface area is 172 Å². The molecule has 0 spiro atoms. The number of hydrogen-bond acceptors (Lipinski definition) is 5. The van der Waals surface area contributed by atoms with Crippen LogP contribution in [-0.4, -0.2) is 22.7 Å². The maximum atomic E-state index is 13.1. The Morgan fingerprint density at radius 2 is 1.62 bits per heavy atom. The largest absolute Gasteiger partial charge is 0.298 e. The lowest BCUT2D eigenvalue weighted by Gasteiger charge is -2.20. The Bertz CT molecular complexity index is 1170. The van der Waals surface area contributed by atoms with Gasteiger partial charge in [-0.2, -0.15) is 0 Å². The number of thiazole rings is 1. The van der Waals surface area contributed by atoms with Crippen molar-refractivity contribution in [2.24, 2.45) is 0 Å². The number of aromatic nitrogens is 1. The highest BCUT2D eigenvalue weighted by Crippen LogP contribution is 2.34. The summed E-state index contributed by atoms with van der Waals surface area (Å²) in [5.41, 5.74) is 5.04. The summed E-state index contributed by atoms with van der Waals surface area (Å²) in [5.74, 6) is -1.16. The van der Waals surface area contributed by atoms with Gasteiger partial charge in [-0.05, 0) is 57.0 Å². The molecular weight excluding hydrogens is 386 g/mol. The molecule has 0 atom stereocenters. The summed E-state index contributed by atoms with van der Waals surface area (Å²) in [6.07, 6.45) is 0. The summed E-state index contributed by atoms with van der Waals surface area (Å²) in [6.45, 7) is 7.58. The van der Waals surface area contributed by atoms with Gasteiger partial charge in [-0.25, -0.2) is 9.88 Å². The minimum atomic E-state index is -0.417. The van der Waals surface area contributed by atoms with Crippen molar-refractivity contribution in [1.82, 2.24) is 4.98 Å². The van der Waals surface area contributed by atoms with Gasteiger partial charge in [-0.15, -0.1) is 11.3 Å². The molecule has 2 aromatic carbocycles. The Hall–Kier alpha value is -3.32. The van der Waals surface area contributed by atoms with Gasteiger partial charge in [0.2, 0.25) is 0 Å². The van der Waals surface area contributed by atoms with Crippen LogP contribution in [0.15, 0.2) is 35.7 Å². The van der Waals surface area contributed by atoms with Gasteiger partial charge in [0.15, 0.2) is 5.13 Å². The molecule has 4 rings (SSSR count). The molecule has 3 aromatic rings. The molecule has 6 nitrogen and oxygen atoms in total. The van der Waals surface area contributed by atoms with Crippen LogP contribution in [0.25, 0.3) is 0 Å². The molecule has 7 heteroatoms. The van der Waals surface area contributed by atoms with E-state index in [1.807, 2.05) is 45.2 Å². The van der Waals surface area contributed by atoms with Crippen molar-refractivity contribution in [1.29, 1.82) is 0 Å². The van der Waals surface area contributed by atoms with Gasteiger partial charge in [0.1, 0.15) is 0 Å². The monoisotopic (exact) mass is 405 g/mol. The predicted octanol–water partition coefficient (Wildman–Crippen LogP) is 4.43. The summed E-state index contributed by atoms with van der Waals surface area (Å²) in [6, 6.07) is 8.46. The van der Waals surface area contributed by atoms with Crippen LogP contribution in [0.3, 0.4) is 0 Å². The molecule has 0 radical (unpaired) electrons. The van der Waals surface area contributed by atoms with Crippen LogP contribution >= 0.6 is 11.3 Å². The van der Waals surface area contributed by atoms with E-state index in [2.05, 4.69) is 10.3 Å². The number of nitrogens with one attached hydrogen (secondary N) is 1. The second-order valence-corrected chi connectivity index (χ2v) is 8.06. The topological polar surface area (TPSA) is 79.4 Å². The quantitative estimate of drug-likeness (QED) is 0.654. The van der Waals surface area contributed by atoms with Crippen LogP contribution in [-0.2, 0) is 0 Å². The Balaban J connectivity index is 1.69. The second-order valence-electron chi connectivity index (χ2n) is 7.20. The number of rotatable bonds is 3. The number of nitrogens with zero attached hydrogens (tertiary/aromatic N) is 2. The first kappa shape index (κ1) is 19.0. The maximum Gasteiger partial charge on any atom is 0.266 e. The van der Waals surface area contributed by atoms with E-state index in [-0.39, 0.29) is 17.4 Å². The zero-order valence-electron chi connectivity index (χ0n) is 16.5. The van der Waals surface area contributed by atoms with E-state index in [0.29, 0.717) is 21.9 Å². The third-order valence-electron chi connectivity index (χ3n) is 4.85.